The van der Waals surface area contributed by atoms with Crippen LogP contribution < -0.4 is 4.74 Å². The minimum absolute atomic E-state index is 0.119. The normalized spacial score (nSPS) is 28.5. The lowest BCUT2D eigenvalue weighted by Gasteiger charge is -2.41. The van der Waals surface area contributed by atoms with Gasteiger partial charge in [0, 0.05) is 23.5 Å². The van der Waals surface area contributed by atoms with Crippen LogP contribution in [0, 0.1) is 52.9 Å². The summed E-state index contributed by atoms with van der Waals surface area (Å²) in [5, 5.41) is 0. The first-order valence-electron chi connectivity index (χ1n) is 15.9. The maximum atomic E-state index is 15.1. The van der Waals surface area contributed by atoms with Crippen molar-refractivity contribution in [3.63, 3.8) is 0 Å². The van der Waals surface area contributed by atoms with Crippen molar-refractivity contribution < 1.29 is 40.6 Å². The number of rotatable bonds is 10. The van der Waals surface area contributed by atoms with Gasteiger partial charge >= 0.3 is 6.11 Å². The number of hydrogen-bond acceptors (Lipinski definition) is 3. The Morgan fingerprint density at radius 3 is 1.91 bits per heavy atom. The molecule has 2 aliphatic carbocycles. The Balaban J connectivity index is 1.07. The molecule has 9 heteroatoms. The summed E-state index contributed by atoms with van der Waals surface area (Å²) in [6.07, 6.45) is 7.46. The maximum Gasteiger partial charge on any atom is 0.400 e. The summed E-state index contributed by atoms with van der Waals surface area (Å²) in [6, 6.07) is 4.29. The molecule has 0 spiro atoms. The van der Waals surface area contributed by atoms with Crippen molar-refractivity contribution in [2.75, 3.05) is 13.2 Å². The second-order valence-corrected chi connectivity index (χ2v) is 12.7. The highest BCUT2D eigenvalue weighted by Crippen LogP contribution is 2.46. The number of alkyl halides is 2. The molecule has 2 aromatic carbocycles. The third-order valence-corrected chi connectivity index (χ3v) is 9.81. The number of benzene rings is 2. The third-order valence-electron chi connectivity index (χ3n) is 9.81. The van der Waals surface area contributed by atoms with Crippen LogP contribution in [0.2, 0.25) is 0 Å². The molecule has 0 N–H and O–H groups in total. The largest absolute Gasteiger partial charge is 0.432 e. The van der Waals surface area contributed by atoms with E-state index in [-0.39, 0.29) is 23.2 Å². The Kier molecular flexibility index (Phi) is 10.6. The van der Waals surface area contributed by atoms with Crippen LogP contribution in [0.3, 0.4) is 0 Å². The molecule has 43 heavy (non-hydrogen) atoms. The van der Waals surface area contributed by atoms with Crippen molar-refractivity contribution in [2.45, 2.75) is 96.4 Å². The van der Waals surface area contributed by atoms with Gasteiger partial charge in [-0.25, -0.2) is 17.6 Å². The predicted molar refractivity (Wildman–Crippen MR) is 152 cm³/mol. The Labute approximate surface area is 250 Å². The average Bonchev–Trinajstić information content (AvgIpc) is 3.00. The summed E-state index contributed by atoms with van der Waals surface area (Å²) < 4.78 is 103. The van der Waals surface area contributed by atoms with Crippen LogP contribution in [0.5, 0.6) is 5.75 Å². The molecule has 2 aromatic rings. The molecule has 0 aromatic heterocycles. The van der Waals surface area contributed by atoms with Crippen molar-refractivity contribution >= 4 is 0 Å². The Morgan fingerprint density at radius 2 is 1.33 bits per heavy atom. The molecule has 238 valence electrons. The third kappa shape index (κ3) is 7.88. The van der Waals surface area contributed by atoms with Gasteiger partial charge in [0.15, 0.2) is 23.7 Å². The molecular formula is C34H42F6O3. The first-order valence-corrected chi connectivity index (χ1v) is 15.9. The highest BCUT2D eigenvalue weighted by molar-refractivity contribution is 5.65. The zero-order chi connectivity index (χ0) is 30.6. The number of unbranched alkanes of at least 4 members (excludes halogenated alkanes) is 2. The summed E-state index contributed by atoms with van der Waals surface area (Å²) >= 11 is 0. The second-order valence-electron chi connectivity index (χ2n) is 12.7. The van der Waals surface area contributed by atoms with E-state index in [2.05, 4.69) is 6.92 Å². The predicted octanol–water partition coefficient (Wildman–Crippen LogP) is 10.1. The van der Waals surface area contributed by atoms with Crippen LogP contribution in [0.15, 0.2) is 30.3 Å². The van der Waals surface area contributed by atoms with Gasteiger partial charge in [-0.15, -0.1) is 0 Å². The van der Waals surface area contributed by atoms with Gasteiger partial charge in [0.2, 0.25) is 0 Å². The highest BCUT2D eigenvalue weighted by Gasteiger charge is 2.45. The zero-order valence-electron chi connectivity index (χ0n) is 24.7. The van der Waals surface area contributed by atoms with Crippen LogP contribution in [0.1, 0.15) is 84.0 Å². The van der Waals surface area contributed by atoms with E-state index in [9.17, 15) is 17.6 Å². The van der Waals surface area contributed by atoms with Crippen LogP contribution in [-0.2, 0) is 9.47 Å². The lowest BCUT2D eigenvalue weighted by Crippen LogP contribution is -2.40. The van der Waals surface area contributed by atoms with Gasteiger partial charge in [-0.05, 0) is 99.5 Å². The Hall–Kier alpha value is -2.26. The molecule has 1 saturated heterocycles. The lowest BCUT2D eigenvalue weighted by atomic mass is 9.69. The molecule has 5 rings (SSSR count). The Bertz CT molecular complexity index is 1180. The van der Waals surface area contributed by atoms with Crippen molar-refractivity contribution in [2.24, 2.45) is 29.6 Å². The van der Waals surface area contributed by atoms with Crippen LogP contribution in [0.25, 0.3) is 11.1 Å². The van der Waals surface area contributed by atoms with Gasteiger partial charge < -0.3 is 14.2 Å². The summed E-state index contributed by atoms with van der Waals surface area (Å²) in [5.74, 6) is -5.17. The van der Waals surface area contributed by atoms with Gasteiger partial charge in [0.25, 0.3) is 0 Å². The molecule has 0 unspecified atom stereocenters. The molecule has 2 saturated carbocycles. The monoisotopic (exact) mass is 612 g/mol. The molecule has 3 aliphatic rings. The molecule has 1 aliphatic heterocycles. The molecule has 0 atom stereocenters. The zero-order valence-corrected chi connectivity index (χ0v) is 24.7. The summed E-state index contributed by atoms with van der Waals surface area (Å²) in [7, 11) is 0. The van der Waals surface area contributed by atoms with E-state index >= 15 is 8.78 Å². The highest BCUT2D eigenvalue weighted by atomic mass is 19.3. The fourth-order valence-corrected chi connectivity index (χ4v) is 7.24. The van der Waals surface area contributed by atoms with Crippen LogP contribution in [-0.4, -0.2) is 25.6 Å². The molecule has 3 nitrogen and oxygen atoms in total. The SMILES string of the molecule is CCCCCC1COC(C2CCC(C3CCC(C(F)(F)Oc4ccc(-c5cc(F)c(F)c(F)c5)c(F)c4)CC3)CC2)OC1. The van der Waals surface area contributed by atoms with Gasteiger partial charge in [-0.2, -0.15) is 8.78 Å². The fraction of sp³-hybridized carbons (Fsp3) is 0.647. The average molecular weight is 613 g/mol. The first-order chi connectivity index (χ1) is 20.6. The van der Waals surface area contributed by atoms with E-state index in [1.807, 2.05) is 0 Å². The number of halogens is 6. The standard InChI is InChI=1S/C34H42F6O3/c1-2-3-4-5-21-19-41-33(42-20-21)24-8-6-22(7-9-24)23-10-12-26(13-11-23)34(39,40)43-27-14-15-28(29(35)18-27)25-16-30(36)32(38)31(37)17-25/h14-18,21-24,26,33H,2-13,19-20H2,1H3. The topological polar surface area (TPSA) is 27.7 Å². The molecule has 0 bridgehead atoms. The number of ether oxygens (including phenoxy) is 3. The lowest BCUT2D eigenvalue weighted by molar-refractivity contribution is -0.232. The van der Waals surface area contributed by atoms with E-state index in [4.69, 9.17) is 14.2 Å². The maximum absolute atomic E-state index is 15.1. The first kappa shape index (κ1) is 32.1. The van der Waals surface area contributed by atoms with E-state index < -0.39 is 35.3 Å². The van der Waals surface area contributed by atoms with E-state index in [1.54, 1.807) is 0 Å². The second kappa shape index (κ2) is 14.2. The fourth-order valence-electron chi connectivity index (χ4n) is 7.24. The molecule has 0 amide bonds. The number of hydrogen-bond donors (Lipinski definition) is 0. The van der Waals surface area contributed by atoms with Crippen molar-refractivity contribution in [3.05, 3.63) is 53.6 Å². The van der Waals surface area contributed by atoms with Crippen molar-refractivity contribution in [3.8, 4) is 16.9 Å². The van der Waals surface area contributed by atoms with Crippen molar-refractivity contribution in [1.29, 1.82) is 0 Å². The smallest absolute Gasteiger partial charge is 0.400 e. The van der Waals surface area contributed by atoms with Crippen LogP contribution >= 0.6 is 0 Å². The summed E-state index contributed by atoms with van der Waals surface area (Å²) in [5.41, 5.74) is -0.498. The van der Waals surface area contributed by atoms with Gasteiger partial charge in [0.1, 0.15) is 11.6 Å². The minimum Gasteiger partial charge on any atom is -0.432 e. The van der Waals surface area contributed by atoms with Gasteiger partial charge in [-0.3, -0.25) is 0 Å². The minimum atomic E-state index is -3.49. The summed E-state index contributed by atoms with van der Waals surface area (Å²) in [6.45, 7) is 3.76. The van der Waals surface area contributed by atoms with Gasteiger partial charge in [0.05, 0.1) is 19.1 Å². The van der Waals surface area contributed by atoms with Crippen molar-refractivity contribution in [1.82, 2.24) is 0 Å². The quantitative estimate of drug-likeness (QED) is 0.152. The van der Waals surface area contributed by atoms with Gasteiger partial charge in [-0.1, -0.05) is 26.2 Å². The van der Waals surface area contributed by atoms with Crippen LogP contribution in [0.4, 0.5) is 26.3 Å². The Morgan fingerprint density at radius 1 is 0.744 bits per heavy atom. The summed E-state index contributed by atoms with van der Waals surface area (Å²) in [4.78, 5) is 0. The van der Waals surface area contributed by atoms with E-state index in [1.165, 1.54) is 19.3 Å². The van der Waals surface area contributed by atoms with E-state index in [0.717, 1.165) is 63.5 Å². The molecule has 1 heterocycles. The molecular weight excluding hydrogens is 570 g/mol. The molecule has 3 fully saturated rings. The molecule has 0 radical (unpaired) electrons. The van der Waals surface area contributed by atoms with E-state index in [0.29, 0.717) is 61.5 Å².